The number of hydrogen-bond donors (Lipinski definition) is 1. The highest BCUT2D eigenvalue weighted by molar-refractivity contribution is 5.87. The van der Waals surface area contributed by atoms with Gasteiger partial charge in [0.15, 0.2) is 17.4 Å². The molecule has 1 aromatic heterocycles. The minimum Gasteiger partial charge on any atom is -0.479 e. The first kappa shape index (κ1) is 21.1. The lowest BCUT2D eigenvalue weighted by Gasteiger charge is -2.20. The second-order valence-electron chi connectivity index (χ2n) is 6.48. The summed E-state index contributed by atoms with van der Waals surface area (Å²) in [6.07, 6.45) is -2.63. The fraction of sp³-hybridized carbons (Fsp3) is 0.579. The van der Waals surface area contributed by atoms with Crippen molar-refractivity contribution < 1.29 is 32.3 Å². The minimum absolute atomic E-state index is 0.0136. The van der Waals surface area contributed by atoms with E-state index < -0.39 is 23.9 Å². The molecular weight excluding hydrogens is 363 g/mol. The van der Waals surface area contributed by atoms with Gasteiger partial charge in [-0.05, 0) is 30.9 Å². The van der Waals surface area contributed by atoms with Gasteiger partial charge >= 0.3 is 12.1 Å². The van der Waals surface area contributed by atoms with E-state index in [4.69, 9.17) is 9.26 Å². The van der Waals surface area contributed by atoms with Crippen LogP contribution in [0.1, 0.15) is 63.3 Å². The lowest BCUT2D eigenvalue weighted by Crippen LogP contribution is -2.27. The molecule has 1 N–H and O–H groups in total. The normalized spacial score (nSPS) is 13.1. The van der Waals surface area contributed by atoms with Crippen LogP contribution in [0.2, 0.25) is 0 Å². The van der Waals surface area contributed by atoms with Gasteiger partial charge in [0, 0.05) is 5.56 Å². The number of rotatable bonds is 9. The van der Waals surface area contributed by atoms with Crippen molar-refractivity contribution in [1.29, 1.82) is 0 Å². The van der Waals surface area contributed by atoms with E-state index in [0.717, 1.165) is 0 Å². The van der Waals surface area contributed by atoms with Crippen LogP contribution in [-0.2, 0) is 23.8 Å². The number of ether oxygens (including phenoxy) is 1. The SMILES string of the molecule is CCCc1cc2c(C(F)(F)F)noc2c(CCC)c1OC(CCC)C(=O)O. The molecule has 8 heteroatoms. The Labute approximate surface area is 155 Å². The third-order valence-electron chi connectivity index (χ3n) is 4.26. The van der Waals surface area contributed by atoms with Crippen molar-refractivity contribution in [1.82, 2.24) is 5.16 Å². The zero-order chi connectivity index (χ0) is 20.2. The Morgan fingerprint density at radius 1 is 1.22 bits per heavy atom. The maximum Gasteiger partial charge on any atom is 0.437 e. The van der Waals surface area contributed by atoms with E-state index in [-0.39, 0.29) is 11.0 Å². The second-order valence-corrected chi connectivity index (χ2v) is 6.48. The molecule has 0 fully saturated rings. The molecule has 1 heterocycles. The van der Waals surface area contributed by atoms with Crippen LogP contribution in [0.5, 0.6) is 5.75 Å². The third-order valence-corrected chi connectivity index (χ3v) is 4.26. The molecule has 27 heavy (non-hydrogen) atoms. The van der Waals surface area contributed by atoms with Gasteiger partial charge in [-0.15, -0.1) is 0 Å². The van der Waals surface area contributed by atoms with Gasteiger partial charge in [-0.1, -0.05) is 45.2 Å². The molecule has 0 saturated heterocycles. The van der Waals surface area contributed by atoms with Crippen LogP contribution in [-0.4, -0.2) is 22.3 Å². The summed E-state index contributed by atoms with van der Waals surface area (Å²) in [7, 11) is 0. The Balaban J connectivity index is 2.70. The van der Waals surface area contributed by atoms with E-state index in [0.29, 0.717) is 55.4 Å². The van der Waals surface area contributed by atoms with E-state index in [9.17, 15) is 23.1 Å². The molecular formula is C19H24F3NO4. The van der Waals surface area contributed by atoms with Crippen molar-refractivity contribution in [3.8, 4) is 5.75 Å². The number of carboxylic acids is 1. The van der Waals surface area contributed by atoms with Crippen molar-refractivity contribution in [3.63, 3.8) is 0 Å². The lowest BCUT2D eigenvalue weighted by molar-refractivity contribution is -0.145. The zero-order valence-electron chi connectivity index (χ0n) is 15.7. The van der Waals surface area contributed by atoms with Crippen LogP contribution < -0.4 is 4.74 Å². The van der Waals surface area contributed by atoms with Crippen LogP contribution in [0.3, 0.4) is 0 Å². The van der Waals surface area contributed by atoms with Crippen LogP contribution in [0.15, 0.2) is 10.6 Å². The molecule has 1 atom stereocenters. The first-order chi connectivity index (χ1) is 12.7. The van der Waals surface area contributed by atoms with E-state index in [1.54, 1.807) is 0 Å². The van der Waals surface area contributed by atoms with Crippen molar-refractivity contribution in [2.45, 2.75) is 71.6 Å². The van der Waals surface area contributed by atoms with Crippen LogP contribution >= 0.6 is 0 Å². The molecule has 0 spiro atoms. The van der Waals surface area contributed by atoms with Crippen LogP contribution in [0, 0.1) is 0 Å². The fourth-order valence-corrected chi connectivity index (χ4v) is 3.11. The summed E-state index contributed by atoms with van der Waals surface area (Å²) < 4.78 is 50.7. The Morgan fingerprint density at radius 2 is 1.89 bits per heavy atom. The number of nitrogens with zero attached hydrogens (tertiary/aromatic N) is 1. The average Bonchev–Trinajstić information content (AvgIpc) is 3.01. The molecule has 0 aliphatic rings. The number of hydrogen-bond acceptors (Lipinski definition) is 4. The van der Waals surface area contributed by atoms with Gasteiger partial charge in [0.05, 0.1) is 5.39 Å². The molecule has 0 radical (unpaired) electrons. The molecule has 0 amide bonds. The van der Waals surface area contributed by atoms with E-state index in [1.807, 2.05) is 20.8 Å². The van der Waals surface area contributed by atoms with E-state index >= 15 is 0 Å². The maximum absolute atomic E-state index is 13.3. The van der Waals surface area contributed by atoms with Gasteiger partial charge in [-0.25, -0.2) is 4.79 Å². The predicted octanol–water partition coefficient (Wildman–Crippen LogP) is 5.38. The second kappa shape index (κ2) is 8.63. The number of fused-ring (bicyclic) bond motifs is 1. The molecule has 2 aromatic rings. The maximum atomic E-state index is 13.3. The molecule has 150 valence electrons. The van der Waals surface area contributed by atoms with Crippen LogP contribution in [0.4, 0.5) is 13.2 Å². The highest BCUT2D eigenvalue weighted by Crippen LogP contribution is 2.41. The number of aryl methyl sites for hydroxylation is 2. The molecule has 0 aliphatic carbocycles. The summed E-state index contributed by atoms with van der Waals surface area (Å²) in [6, 6.07) is 1.37. The summed E-state index contributed by atoms with van der Waals surface area (Å²) in [4.78, 5) is 11.5. The zero-order valence-corrected chi connectivity index (χ0v) is 15.7. The number of halogens is 3. The van der Waals surface area contributed by atoms with E-state index in [2.05, 4.69) is 5.16 Å². The highest BCUT2D eigenvalue weighted by atomic mass is 19.4. The number of alkyl halides is 3. The summed E-state index contributed by atoms with van der Waals surface area (Å²) in [5.74, 6) is -0.785. The Bertz CT molecular complexity index is 798. The summed E-state index contributed by atoms with van der Waals surface area (Å²) in [5.41, 5.74) is -0.0601. The van der Waals surface area contributed by atoms with Gasteiger partial charge in [0.1, 0.15) is 5.75 Å². The Hall–Kier alpha value is -2.25. The third kappa shape index (κ3) is 4.54. The summed E-state index contributed by atoms with van der Waals surface area (Å²) in [5, 5.41) is 12.5. The van der Waals surface area contributed by atoms with Gasteiger partial charge in [-0.3, -0.25) is 0 Å². The topological polar surface area (TPSA) is 72.6 Å². The standard InChI is InChI=1S/C19H24F3NO4/c1-4-7-11-10-13-16(27-23-17(13)19(20,21)22)12(8-5-2)15(11)26-14(9-6-3)18(24)25/h10,14H,4-9H2,1-3H3,(H,24,25). The van der Waals surface area contributed by atoms with Crippen molar-refractivity contribution in [3.05, 3.63) is 22.9 Å². The Morgan fingerprint density at radius 3 is 2.41 bits per heavy atom. The lowest BCUT2D eigenvalue weighted by atomic mass is 9.97. The number of aliphatic carboxylic acids is 1. The molecule has 5 nitrogen and oxygen atoms in total. The molecule has 1 aromatic carbocycles. The first-order valence-electron chi connectivity index (χ1n) is 9.15. The van der Waals surface area contributed by atoms with Gasteiger partial charge in [-0.2, -0.15) is 13.2 Å². The molecule has 1 unspecified atom stereocenters. The smallest absolute Gasteiger partial charge is 0.437 e. The molecule has 0 aliphatic heterocycles. The highest BCUT2D eigenvalue weighted by Gasteiger charge is 2.38. The molecule has 2 rings (SSSR count). The van der Waals surface area contributed by atoms with Crippen molar-refractivity contribution in [2.24, 2.45) is 0 Å². The van der Waals surface area contributed by atoms with Crippen molar-refractivity contribution in [2.75, 3.05) is 0 Å². The monoisotopic (exact) mass is 387 g/mol. The fourth-order valence-electron chi connectivity index (χ4n) is 3.11. The Kier molecular flexibility index (Phi) is 6.73. The quantitative estimate of drug-likeness (QED) is 0.625. The van der Waals surface area contributed by atoms with Gasteiger partial charge < -0.3 is 14.4 Å². The first-order valence-corrected chi connectivity index (χ1v) is 9.15. The van der Waals surface area contributed by atoms with Crippen LogP contribution in [0.25, 0.3) is 11.0 Å². The molecule has 0 bridgehead atoms. The molecule has 0 saturated carbocycles. The minimum atomic E-state index is -4.63. The predicted molar refractivity (Wildman–Crippen MR) is 94.0 cm³/mol. The number of carbonyl (C=O) groups is 1. The van der Waals surface area contributed by atoms with Gasteiger partial charge in [0.25, 0.3) is 0 Å². The largest absolute Gasteiger partial charge is 0.479 e. The average molecular weight is 387 g/mol. The number of aromatic nitrogens is 1. The number of carboxylic acid groups (broad SMARTS) is 1. The van der Waals surface area contributed by atoms with Gasteiger partial charge in [0.2, 0.25) is 0 Å². The van der Waals surface area contributed by atoms with E-state index in [1.165, 1.54) is 6.07 Å². The number of benzene rings is 1. The summed E-state index contributed by atoms with van der Waals surface area (Å²) >= 11 is 0. The van der Waals surface area contributed by atoms with Crippen molar-refractivity contribution >= 4 is 16.9 Å². The summed E-state index contributed by atoms with van der Waals surface area (Å²) in [6.45, 7) is 5.62.